The number of phenolic OH excluding ortho intramolecular Hbond substituents is 1. The quantitative estimate of drug-likeness (QED) is 0.617. The first-order valence-electron chi connectivity index (χ1n) is 5.77. The van der Waals surface area contributed by atoms with E-state index in [1.807, 2.05) is 6.92 Å². The molecule has 94 valence electrons. The number of nitrogens with zero attached hydrogens (tertiary/aromatic N) is 1. The Labute approximate surface area is 107 Å². The molecule has 1 aromatic carbocycles. The molecule has 0 heterocycles. The molecule has 0 aliphatic heterocycles. The van der Waals surface area contributed by atoms with Gasteiger partial charge in [0, 0.05) is 0 Å². The minimum absolute atomic E-state index is 0.102. The van der Waals surface area contributed by atoms with Crippen LogP contribution < -0.4 is 5.32 Å². The number of nitriles is 1. The van der Waals surface area contributed by atoms with Gasteiger partial charge in [0.05, 0.1) is 6.04 Å². The molecular weight excluding hydrogens is 228 g/mol. The van der Waals surface area contributed by atoms with Gasteiger partial charge in [0.2, 0.25) is 0 Å². The Balaban J connectivity index is 2.83. The Morgan fingerprint density at radius 3 is 2.61 bits per heavy atom. The highest BCUT2D eigenvalue weighted by Gasteiger charge is 2.15. The first-order chi connectivity index (χ1) is 8.58. The Morgan fingerprint density at radius 2 is 2.11 bits per heavy atom. The maximum absolute atomic E-state index is 11.6. The molecule has 0 aliphatic rings. The Morgan fingerprint density at radius 1 is 1.50 bits per heavy atom. The van der Waals surface area contributed by atoms with Gasteiger partial charge in [0.25, 0.3) is 5.91 Å². The van der Waals surface area contributed by atoms with Crippen LogP contribution in [0.4, 0.5) is 0 Å². The number of nitrogens with one attached hydrogen (secondary N) is 1. The first kappa shape index (κ1) is 13.8. The fraction of sp³-hybridized carbons (Fsp3) is 0.286. The minimum Gasteiger partial charge on any atom is -0.508 e. The molecule has 0 spiro atoms. The maximum Gasteiger partial charge on any atom is 0.261 e. The van der Waals surface area contributed by atoms with Gasteiger partial charge < -0.3 is 10.4 Å². The second kappa shape index (κ2) is 6.45. The van der Waals surface area contributed by atoms with Crippen LogP contribution in [0.15, 0.2) is 36.4 Å². The molecule has 18 heavy (non-hydrogen) atoms. The summed E-state index contributed by atoms with van der Waals surface area (Å²) >= 11 is 0. The molecule has 0 saturated heterocycles. The van der Waals surface area contributed by atoms with Crippen LogP contribution in [0.3, 0.4) is 0 Å². The zero-order chi connectivity index (χ0) is 13.5. The van der Waals surface area contributed by atoms with Crippen LogP contribution in [-0.2, 0) is 4.79 Å². The summed E-state index contributed by atoms with van der Waals surface area (Å²) in [5.41, 5.74) is 0.795. The third-order valence-electron chi connectivity index (χ3n) is 2.59. The molecule has 0 saturated carbocycles. The lowest BCUT2D eigenvalue weighted by molar-refractivity contribution is -0.117. The van der Waals surface area contributed by atoms with Crippen molar-refractivity contribution in [2.45, 2.75) is 25.8 Å². The number of carbonyl (C=O) groups is 1. The van der Waals surface area contributed by atoms with Crippen molar-refractivity contribution in [3.05, 3.63) is 42.0 Å². The van der Waals surface area contributed by atoms with E-state index in [-0.39, 0.29) is 17.4 Å². The predicted octanol–water partition coefficient (Wildman–Crippen LogP) is 2.43. The smallest absolute Gasteiger partial charge is 0.261 e. The highest BCUT2D eigenvalue weighted by Crippen LogP contribution is 2.21. The maximum atomic E-state index is 11.6. The van der Waals surface area contributed by atoms with E-state index in [9.17, 15) is 9.90 Å². The number of hydrogen-bond acceptors (Lipinski definition) is 3. The minimum atomic E-state index is -0.455. The lowest BCUT2D eigenvalue weighted by Gasteiger charge is -2.18. The second-order valence-corrected chi connectivity index (χ2v) is 4.00. The van der Waals surface area contributed by atoms with Crippen molar-refractivity contribution < 1.29 is 9.90 Å². The molecule has 1 unspecified atom stereocenters. The molecular formula is C14H16N2O2. The number of phenols is 1. The summed E-state index contributed by atoms with van der Waals surface area (Å²) in [7, 11) is 0. The highest BCUT2D eigenvalue weighted by atomic mass is 16.3. The highest BCUT2D eigenvalue weighted by molar-refractivity contribution is 5.96. The van der Waals surface area contributed by atoms with Crippen molar-refractivity contribution in [2.75, 3.05) is 0 Å². The zero-order valence-corrected chi connectivity index (χ0v) is 10.3. The third kappa shape index (κ3) is 3.63. The molecule has 0 radical (unpaired) electrons. The summed E-state index contributed by atoms with van der Waals surface area (Å²) in [6.07, 6.45) is 1.65. The number of amides is 1. The summed E-state index contributed by atoms with van der Waals surface area (Å²) in [5, 5.41) is 20.6. The number of aromatic hydroxyl groups is 1. The third-order valence-corrected chi connectivity index (χ3v) is 2.59. The normalized spacial score (nSPS) is 11.3. The lowest BCUT2D eigenvalue weighted by Crippen LogP contribution is -2.29. The van der Waals surface area contributed by atoms with Crippen LogP contribution in [0, 0.1) is 11.3 Å². The van der Waals surface area contributed by atoms with Crippen LogP contribution in [-0.4, -0.2) is 11.0 Å². The van der Waals surface area contributed by atoms with E-state index in [1.165, 1.54) is 0 Å². The van der Waals surface area contributed by atoms with E-state index in [0.717, 1.165) is 18.4 Å². The number of rotatable bonds is 5. The molecule has 1 aromatic rings. The summed E-state index contributed by atoms with van der Waals surface area (Å²) in [6, 6.07) is 8.21. The van der Waals surface area contributed by atoms with Gasteiger partial charge in [0.15, 0.2) is 0 Å². The molecule has 1 amide bonds. The van der Waals surface area contributed by atoms with Crippen molar-refractivity contribution in [1.82, 2.24) is 5.32 Å². The summed E-state index contributed by atoms with van der Waals surface area (Å²) in [5.74, 6) is -0.272. The summed E-state index contributed by atoms with van der Waals surface area (Å²) < 4.78 is 0. The Hall–Kier alpha value is -2.28. The molecule has 2 N–H and O–H groups in total. The average Bonchev–Trinajstić information content (AvgIpc) is 2.38. The van der Waals surface area contributed by atoms with E-state index >= 15 is 0 Å². The van der Waals surface area contributed by atoms with Crippen LogP contribution in [0.2, 0.25) is 0 Å². The van der Waals surface area contributed by atoms with Crippen LogP contribution in [0.1, 0.15) is 31.4 Å². The van der Waals surface area contributed by atoms with Gasteiger partial charge in [0.1, 0.15) is 17.4 Å². The van der Waals surface area contributed by atoms with Gasteiger partial charge in [-0.15, -0.1) is 0 Å². The van der Waals surface area contributed by atoms with Gasteiger partial charge in [-0.05, 0) is 24.1 Å². The van der Waals surface area contributed by atoms with E-state index in [2.05, 4.69) is 11.9 Å². The van der Waals surface area contributed by atoms with E-state index in [4.69, 9.17) is 5.26 Å². The van der Waals surface area contributed by atoms with Crippen molar-refractivity contribution in [2.24, 2.45) is 0 Å². The van der Waals surface area contributed by atoms with Crippen LogP contribution in [0.25, 0.3) is 0 Å². The van der Waals surface area contributed by atoms with E-state index in [0.29, 0.717) is 0 Å². The largest absolute Gasteiger partial charge is 0.508 e. The van der Waals surface area contributed by atoms with Crippen molar-refractivity contribution in [3.63, 3.8) is 0 Å². The Bertz CT molecular complexity index is 472. The molecule has 4 nitrogen and oxygen atoms in total. The van der Waals surface area contributed by atoms with Crippen molar-refractivity contribution in [3.8, 4) is 11.8 Å². The number of benzene rings is 1. The molecule has 0 aliphatic carbocycles. The monoisotopic (exact) mass is 244 g/mol. The number of hydrogen-bond donors (Lipinski definition) is 2. The van der Waals surface area contributed by atoms with Gasteiger partial charge in [-0.1, -0.05) is 32.1 Å². The van der Waals surface area contributed by atoms with E-state index < -0.39 is 5.91 Å². The molecule has 0 aromatic heterocycles. The fourth-order valence-electron chi connectivity index (χ4n) is 1.61. The van der Waals surface area contributed by atoms with Gasteiger partial charge in [-0.25, -0.2) is 0 Å². The SMILES string of the molecule is C=C(C#N)C(=O)NC(CCC)c1ccc(O)cc1. The molecule has 0 fully saturated rings. The van der Waals surface area contributed by atoms with Crippen molar-refractivity contribution >= 4 is 5.91 Å². The van der Waals surface area contributed by atoms with Crippen LogP contribution in [0.5, 0.6) is 5.75 Å². The lowest BCUT2D eigenvalue weighted by atomic mass is 10.0. The van der Waals surface area contributed by atoms with Gasteiger partial charge in [-0.2, -0.15) is 5.26 Å². The van der Waals surface area contributed by atoms with Crippen LogP contribution >= 0.6 is 0 Å². The predicted molar refractivity (Wildman–Crippen MR) is 68.7 cm³/mol. The van der Waals surface area contributed by atoms with Crippen molar-refractivity contribution in [1.29, 1.82) is 5.26 Å². The first-order valence-corrected chi connectivity index (χ1v) is 5.77. The second-order valence-electron chi connectivity index (χ2n) is 4.00. The Kier molecular flexibility index (Phi) is 4.94. The zero-order valence-electron chi connectivity index (χ0n) is 10.3. The summed E-state index contributed by atoms with van der Waals surface area (Å²) in [6.45, 7) is 5.39. The van der Waals surface area contributed by atoms with E-state index in [1.54, 1.807) is 30.3 Å². The standard InChI is InChI=1S/C14H16N2O2/c1-3-4-13(16-14(18)10(2)9-15)11-5-7-12(17)8-6-11/h5-8,13,17H,2-4H2,1H3,(H,16,18). The van der Waals surface area contributed by atoms with Gasteiger partial charge >= 0.3 is 0 Å². The molecule has 1 rings (SSSR count). The van der Waals surface area contributed by atoms with Gasteiger partial charge in [-0.3, -0.25) is 4.79 Å². The molecule has 0 bridgehead atoms. The fourth-order valence-corrected chi connectivity index (χ4v) is 1.61. The average molecular weight is 244 g/mol. The molecule has 1 atom stereocenters. The molecule has 4 heteroatoms. The number of carbonyl (C=O) groups excluding carboxylic acids is 1. The topological polar surface area (TPSA) is 73.1 Å². The summed E-state index contributed by atoms with van der Waals surface area (Å²) in [4.78, 5) is 11.6.